The van der Waals surface area contributed by atoms with Gasteiger partial charge in [-0.1, -0.05) is 18.2 Å². The lowest BCUT2D eigenvalue weighted by Crippen LogP contribution is -2.35. The molecule has 2 rings (SSSR count). The predicted molar refractivity (Wildman–Crippen MR) is 108 cm³/mol. The van der Waals surface area contributed by atoms with Crippen molar-refractivity contribution in [2.45, 2.75) is 31.8 Å². The van der Waals surface area contributed by atoms with Crippen molar-refractivity contribution in [1.29, 1.82) is 0 Å². The van der Waals surface area contributed by atoms with Crippen molar-refractivity contribution in [1.82, 2.24) is 5.32 Å². The van der Waals surface area contributed by atoms with Crippen LogP contribution in [0.4, 0.5) is 0 Å². The number of esters is 1. The Kier molecular flexibility index (Phi) is 7.17. The maximum absolute atomic E-state index is 12.5. The summed E-state index contributed by atoms with van der Waals surface area (Å²) < 4.78 is 35.3. The molecule has 29 heavy (non-hydrogen) atoms. The standard InChI is InChI=1S/C21H23NO6S/c1-5-12-22-20(23)16(4)27-21(24)17-8-10-18(11-9-17)28-29(25,26)19-13-14(2)6-7-15(19)3/h5-11,13,16H,1,12H2,2-4H3,(H,22,23)/t16-/m1/s1. The first-order chi connectivity index (χ1) is 13.6. The van der Waals surface area contributed by atoms with Crippen LogP contribution in [0.15, 0.2) is 60.0 Å². The summed E-state index contributed by atoms with van der Waals surface area (Å²) in [6.07, 6.45) is 0.528. The van der Waals surface area contributed by atoms with Gasteiger partial charge in [0.1, 0.15) is 10.6 Å². The molecular formula is C21H23NO6S. The van der Waals surface area contributed by atoms with Gasteiger partial charge in [-0.05, 0) is 62.2 Å². The van der Waals surface area contributed by atoms with E-state index in [1.165, 1.54) is 43.3 Å². The number of hydrogen-bond acceptors (Lipinski definition) is 6. The first-order valence-electron chi connectivity index (χ1n) is 8.85. The molecule has 1 N–H and O–H groups in total. The monoisotopic (exact) mass is 417 g/mol. The number of carbonyl (C=O) groups is 2. The van der Waals surface area contributed by atoms with Crippen molar-refractivity contribution in [3.8, 4) is 5.75 Å². The largest absolute Gasteiger partial charge is 0.449 e. The third-order valence-electron chi connectivity index (χ3n) is 3.98. The zero-order chi connectivity index (χ0) is 21.6. The van der Waals surface area contributed by atoms with Gasteiger partial charge in [0.25, 0.3) is 5.91 Å². The highest BCUT2D eigenvalue weighted by Crippen LogP contribution is 2.23. The lowest BCUT2D eigenvalue weighted by Gasteiger charge is -2.13. The van der Waals surface area contributed by atoms with E-state index in [1.54, 1.807) is 19.9 Å². The molecule has 0 heterocycles. The van der Waals surface area contributed by atoms with Gasteiger partial charge >= 0.3 is 16.1 Å². The molecule has 8 heteroatoms. The van der Waals surface area contributed by atoms with Crippen LogP contribution >= 0.6 is 0 Å². The molecule has 154 valence electrons. The van der Waals surface area contributed by atoms with Gasteiger partial charge in [-0.2, -0.15) is 8.42 Å². The summed E-state index contributed by atoms with van der Waals surface area (Å²) in [5.74, 6) is -1.10. The third kappa shape index (κ3) is 5.92. The van der Waals surface area contributed by atoms with Crippen molar-refractivity contribution in [2.24, 2.45) is 0 Å². The Morgan fingerprint density at radius 1 is 1.14 bits per heavy atom. The number of benzene rings is 2. The second-order valence-electron chi connectivity index (χ2n) is 6.41. The second-order valence-corrected chi connectivity index (χ2v) is 7.93. The van der Waals surface area contributed by atoms with Gasteiger partial charge < -0.3 is 14.2 Å². The van der Waals surface area contributed by atoms with Crippen LogP contribution in [0.3, 0.4) is 0 Å². The van der Waals surface area contributed by atoms with E-state index in [2.05, 4.69) is 11.9 Å². The van der Waals surface area contributed by atoms with Crippen molar-refractivity contribution in [3.63, 3.8) is 0 Å². The zero-order valence-corrected chi connectivity index (χ0v) is 17.3. The summed E-state index contributed by atoms with van der Waals surface area (Å²) >= 11 is 0. The van der Waals surface area contributed by atoms with E-state index in [4.69, 9.17) is 8.92 Å². The van der Waals surface area contributed by atoms with Gasteiger partial charge in [0.15, 0.2) is 6.10 Å². The SMILES string of the molecule is C=CCNC(=O)[C@@H](C)OC(=O)c1ccc(OS(=O)(=O)c2cc(C)ccc2C)cc1. The minimum Gasteiger partial charge on any atom is -0.449 e. The smallest absolute Gasteiger partial charge is 0.339 e. The van der Waals surface area contributed by atoms with E-state index in [1.807, 2.05) is 6.07 Å². The molecule has 1 amide bonds. The molecule has 0 aliphatic carbocycles. The Bertz CT molecular complexity index is 1010. The molecule has 7 nitrogen and oxygen atoms in total. The Hall–Kier alpha value is -3.13. The molecule has 0 aliphatic heterocycles. The number of rotatable bonds is 8. The summed E-state index contributed by atoms with van der Waals surface area (Å²) in [6, 6.07) is 10.5. The van der Waals surface area contributed by atoms with Crippen molar-refractivity contribution in [2.75, 3.05) is 6.54 Å². The summed E-state index contributed by atoms with van der Waals surface area (Å²) in [6.45, 7) is 8.67. The number of hydrogen-bond donors (Lipinski definition) is 1. The summed E-state index contributed by atoms with van der Waals surface area (Å²) in [7, 11) is -4.02. The average Bonchev–Trinajstić information content (AvgIpc) is 2.67. The first-order valence-corrected chi connectivity index (χ1v) is 10.3. The zero-order valence-electron chi connectivity index (χ0n) is 16.5. The average molecular weight is 417 g/mol. The third-order valence-corrected chi connectivity index (χ3v) is 5.37. The highest BCUT2D eigenvalue weighted by atomic mass is 32.2. The molecule has 0 saturated heterocycles. The fourth-order valence-electron chi connectivity index (χ4n) is 2.39. The highest BCUT2D eigenvalue weighted by Gasteiger charge is 2.21. The molecular weight excluding hydrogens is 394 g/mol. The normalized spacial score (nSPS) is 12.0. The molecule has 0 unspecified atom stereocenters. The topological polar surface area (TPSA) is 98.8 Å². The molecule has 0 spiro atoms. The lowest BCUT2D eigenvalue weighted by atomic mass is 10.2. The lowest BCUT2D eigenvalue weighted by molar-refractivity contribution is -0.128. The van der Waals surface area contributed by atoms with Crippen LogP contribution in [0.25, 0.3) is 0 Å². The van der Waals surface area contributed by atoms with Gasteiger partial charge in [-0.25, -0.2) is 4.79 Å². The number of aryl methyl sites for hydroxylation is 2. The van der Waals surface area contributed by atoms with E-state index in [9.17, 15) is 18.0 Å². The van der Waals surface area contributed by atoms with E-state index in [0.29, 0.717) is 5.56 Å². The fourth-order valence-corrected chi connectivity index (χ4v) is 3.64. The molecule has 0 aliphatic rings. The van der Waals surface area contributed by atoms with Crippen LogP contribution in [0.5, 0.6) is 5.75 Å². The highest BCUT2D eigenvalue weighted by molar-refractivity contribution is 7.87. The number of amides is 1. The van der Waals surface area contributed by atoms with Crippen LogP contribution < -0.4 is 9.50 Å². The van der Waals surface area contributed by atoms with E-state index >= 15 is 0 Å². The molecule has 0 saturated carbocycles. The van der Waals surface area contributed by atoms with Crippen LogP contribution in [0.1, 0.15) is 28.4 Å². The maximum Gasteiger partial charge on any atom is 0.339 e. The Morgan fingerprint density at radius 2 is 1.79 bits per heavy atom. The Balaban J connectivity index is 2.08. The van der Waals surface area contributed by atoms with Crippen molar-refractivity contribution >= 4 is 22.0 Å². The fraction of sp³-hybridized carbons (Fsp3) is 0.238. The molecule has 0 aromatic heterocycles. The summed E-state index contributed by atoms with van der Waals surface area (Å²) in [5.41, 5.74) is 1.52. The minimum absolute atomic E-state index is 0.0548. The number of carbonyl (C=O) groups excluding carboxylic acids is 2. The Morgan fingerprint density at radius 3 is 2.41 bits per heavy atom. The van der Waals surface area contributed by atoms with Gasteiger partial charge in [-0.15, -0.1) is 6.58 Å². The van der Waals surface area contributed by atoms with Crippen LogP contribution in [-0.2, 0) is 19.6 Å². The predicted octanol–water partition coefficient (Wildman–Crippen LogP) is 2.92. The van der Waals surface area contributed by atoms with Gasteiger partial charge in [0, 0.05) is 6.54 Å². The maximum atomic E-state index is 12.5. The van der Waals surface area contributed by atoms with Crippen LogP contribution in [0, 0.1) is 13.8 Å². The molecule has 0 radical (unpaired) electrons. The van der Waals surface area contributed by atoms with E-state index in [0.717, 1.165) is 5.56 Å². The van der Waals surface area contributed by atoms with Gasteiger partial charge in [0.05, 0.1) is 5.56 Å². The minimum atomic E-state index is -4.02. The van der Waals surface area contributed by atoms with E-state index < -0.39 is 28.1 Å². The molecule has 2 aromatic rings. The molecule has 1 atom stereocenters. The number of nitrogens with one attached hydrogen (secondary N) is 1. The summed E-state index contributed by atoms with van der Waals surface area (Å²) in [5, 5.41) is 2.53. The molecule has 2 aromatic carbocycles. The van der Waals surface area contributed by atoms with E-state index in [-0.39, 0.29) is 22.8 Å². The van der Waals surface area contributed by atoms with Crippen molar-refractivity contribution < 1.29 is 26.9 Å². The van der Waals surface area contributed by atoms with Crippen LogP contribution in [-0.4, -0.2) is 32.9 Å². The molecule has 0 fully saturated rings. The van der Waals surface area contributed by atoms with Crippen LogP contribution in [0.2, 0.25) is 0 Å². The summed E-state index contributed by atoms with van der Waals surface area (Å²) in [4.78, 5) is 24.0. The van der Waals surface area contributed by atoms with Crippen molar-refractivity contribution in [3.05, 3.63) is 71.8 Å². The first kappa shape index (κ1) is 22.2. The second kappa shape index (κ2) is 9.38. The van der Waals surface area contributed by atoms with Gasteiger partial charge in [-0.3, -0.25) is 4.79 Å². The Labute approximate surface area is 170 Å². The molecule has 0 bridgehead atoms. The van der Waals surface area contributed by atoms with Gasteiger partial charge in [0.2, 0.25) is 0 Å². The quantitative estimate of drug-likeness (QED) is 0.403. The number of ether oxygens (including phenoxy) is 1.